The molecule has 0 rings (SSSR count). The van der Waals surface area contributed by atoms with E-state index in [0.717, 1.165) is 32.1 Å². The highest BCUT2D eigenvalue weighted by atomic mass is 16.5. The Balaban J connectivity index is 3.18. The zero-order valence-corrected chi connectivity index (χ0v) is 9.84. The molecule has 0 aromatic rings. The molecule has 0 N–H and O–H groups in total. The summed E-state index contributed by atoms with van der Waals surface area (Å²) >= 11 is 0. The van der Waals surface area contributed by atoms with Crippen LogP contribution in [-0.2, 0) is 9.53 Å². The average Bonchev–Trinajstić information content (AvgIpc) is 2.13. The van der Waals surface area contributed by atoms with E-state index in [1.807, 2.05) is 0 Å². The number of esters is 1. The van der Waals surface area contributed by atoms with E-state index in [4.69, 9.17) is 4.74 Å². The fourth-order valence-corrected chi connectivity index (χ4v) is 1.27. The van der Waals surface area contributed by atoms with Crippen molar-refractivity contribution in [2.75, 3.05) is 6.61 Å². The van der Waals surface area contributed by atoms with Gasteiger partial charge in [-0.15, -0.1) is 0 Å². The molecule has 0 saturated carbocycles. The molecule has 2 nitrogen and oxygen atoms in total. The monoisotopic (exact) mass is 200 g/mol. The average molecular weight is 200 g/mol. The van der Waals surface area contributed by atoms with Gasteiger partial charge in [0, 0.05) is 6.42 Å². The molecule has 0 aliphatic carbocycles. The van der Waals surface area contributed by atoms with Crippen LogP contribution in [0.15, 0.2) is 0 Å². The molecule has 0 fully saturated rings. The minimum atomic E-state index is -0.0257. The Kier molecular flexibility index (Phi) is 8.70. The third-order valence-electron chi connectivity index (χ3n) is 2.17. The maximum Gasteiger partial charge on any atom is 0.305 e. The number of ether oxygens (including phenoxy) is 1. The zero-order valence-electron chi connectivity index (χ0n) is 9.84. The molecule has 0 saturated heterocycles. The number of hydrogen-bond acceptors (Lipinski definition) is 2. The Hall–Kier alpha value is -0.530. The predicted molar refractivity (Wildman–Crippen MR) is 59.2 cm³/mol. The van der Waals surface area contributed by atoms with Crippen LogP contribution in [-0.4, -0.2) is 12.6 Å². The summed E-state index contributed by atoms with van der Waals surface area (Å²) in [5.41, 5.74) is 0. The quantitative estimate of drug-likeness (QED) is 0.442. The molecular weight excluding hydrogens is 176 g/mol. The van der Waals surface area contributed by atoms with Crippen molar-refractivity contribution in [3.63, 3.8) is 0 Å². The summed E-state index contributed by atoms with van der Waals surface area (Å²) in [4.78, 5) is 11.1. The van der Waals surface area contributed by atoms with E-state index < -0.39 is 0 Å². The molecule has 14 heavy (non-hydrogen) atoms. The van der Waals surface area contributed by atoms with Gasteiger partial charge >= 0.3 is 5.97 Å². The molecule has 0 atom stereocenters. The van der Waals surface area contributed by atoms with Crippen molar-refractivity contribution in [3.05, 3.63) is 0 Å². The molecule has 0 aliphatic heterocycles. The lowest BCUT2D eigenvalue weighted by Gasteiger charge is -2.06. The molecule has 0 unspecified atom stereocenters. The third kappa shape index (κ3) is 9.56. The van der Waals surface area contributed by atoms with Gasteiger partial charge in [-0.05, 0) is 25.2 Å². The van der Waals surface area contributed by atoms with E-state index in [1.54, 1.807) is 0 Å². The van der Waals surface area contributed by atoms with Crippen molar-refractivity contribution in [2.24, 2.45) is 5.92 Å². The Morgan fingerprint density at radius 3 is 2.50 bits per heavy atom. The fraction of sp³-hybridized carbons (Fsp3) is 0.917. The normalized spacial score (nSPS) is 10.6. The van der Waals surface area contributed by atoms with Crippen LogP contribution in [0.2, 0.25) is 0 Å². The lowest BCUT2D eigenvalue weighted by atomic mass is 10.1. The second-order valence-electron chi connectivity index (χ2n) is 4.21. The maximum atomic E-state index is 11.1. The summed E-state index contributed by atoms with van der Waals surface area (Å²) in [6.07, 6.45) is 5.98. The number of unbranched alkanes of at least 4 members (excludes halogenated alkanes) is 2. The van der Waals surface area contributed by atoms with Crippen LogP contribution in [0, 0.1) is 5.92 Å². The Labute approximate surface area is 88.0 Å². The van der Waals surface area contributed by atoms with Gasteiger partial charge in [0.25, 0.3) is 0 Å². The van der Waals surface area contributed by atoms with Crippen LogP contribution in [0.25, 0.3) is 0 Å². The second-order valence-corrected chi connectivity index (χ2v) is 4.21. The van der Waals surface area contributed by atoms with Crippen molar-refractivity contribution in [3.8, 4) is 0 Å². The van der Waals surface area contributed by atoms with Gasteiger partial charge in [0.1, 0.15) is 0 Å². The fourth-order valence-electron chi connectivity index (χ4n) is 1.27. The van der Waals surface area contributed by atoms with E-state index in [-0.39, 0.29) is 5.97 Å². The van der Waals surface area contributed by atoms with Gasteiger partial charge in [0.15, 0.2) is 0 Å². The van der Waals surface area contributed by atoms with E-state index in [0.29, 0.717) is 18.9 Å². The van der Waals surface area contributed by atoms with Crippen molar-refractivity contribution in [1.82, 2.24) is 0 Å². The van der Waals surface area contributed by atoms with Gasteiger partial charge in [0.2, 0.25) is 0 Å². The Morgan fingerprint density at radius 1 is 1.21 bits per heavy atom. The summed E-state index contributed by atoms with van der Waals surface area (Å²) in [6.45, 7) is 7.10. The van der Waals surface area contributed by atoms with Gasteiger partial charge in [-0.1, -0.05) is 33.6 Å². The highest BCUT2D eigenvalue weighted by Gasteiger charge is 2.02. The SMILES string of the molecule is CCCCCC(=O)OCCCC(C)C. The molecule has 0 bridgehead atoms. The summed E-state index contributed by atoms with van der Waals surface area (Å²) < 4.78 is 5.10. The van der Waals surface area contributed by atoms with Crippen LogP contribution < -0.4 is 0 Å². The second kappa shape index (κ2) is 9.04. The van der Waals surface area contributed by atoms with Crippen molar-refractivity contribution in [1.29, 1.82) is 0 Å². The minimum absolute atomic E-state index is 0.0257. The van der Waals surface area contributed by atoms with Crippen LogP contribution in [0.4, 0.5) is 0 Å². The molecule has 0 amide bonds. The van der Waals surface area contributed by atoms with Crippen molar-refractivity contribution >= 4 is 5.97 Å². The van der Waals surface area contributed by atoms with Gasteiger partial charge in [0.05, 0.1) is 6.61 Å². The molecule has 0 aromatic carbocycles. The third-order valence-corrected chi connectivity index (χ3v) is 2.17. The largest absolute Gasteiger partial charge is 0.466 e. The molecule has 0 radical (unpaired) electrons. The van der Waals surface area contributed by atoms with E-state index in [9.17, 15) is 4.79 Å². The van der Waals surface area contributed by atoms with Crippen molar-refractivity contribution < 1.29 is 9.53 Å². The van der Waals surface area contributed by atoms with Crippen LogP contribution in [0.1, 0.15) is 59.3 Å². The van der Waals surface area contributed by atoms with Crippen LogP contribution >= 0.6 is 0 Å². The first-order chi connectivity index (χ1) is 6.66. The summed E-state index contributed by atoms with van der Waals surface area (Å²) in [5.74, 6) is 0.677. The molecule has 0 spiro atoms. The molecule has 84 valence electrons. The molecule has 0 aromatic heterocycles. The minimum Gasteiger partial charge on any atom is -0.466 e. The molecular formula is C12H24O2. The van der Waals surface area contributed by atoms with Gasteiger partial charge in [-0.3, -0.25) is 4.79 Å². The molecule has 0 heterocycles. The number of carbonyl (C=O) groups excluding carboxylic acids is 1. The van der Waals surface area contributed by atoms with Crippen LogP contribution in [0.5, 0.6) is 0 Å². The van der Waals surface area contributed by atoms with E-state index in [2.05, 4.69) is 20.8 Å². The van der Waals surface area contributed by atoms with Gasteiger partial charge in [-0.25, -0.2) is 0 Å². The van der Waals surface area contributed by atoms with E-state index in [1.165, 1.54) is 0 Å². The number of hydrogen-bond donors (Lipinski definition) is 0. The number of rotatable bonds is 8. The first-order valence-corrected chi connectivity index (χ1v) is 5.82. The Morgan fingerprint density at radius 2 is 1.93 bits per heavy atom. The topological polar surface area (TPSA) is 26.3 Å². The summed E-state index contributed by atoms with van der Waals surface area (Å²) in [7, 11) is 0. The number of carbonyl (C=O) groups is 1. The predicted octanol–water partition coefficient (Wildman–Crippen LogP) is 3.55. The van der Waals surface area contributed by atoms with Crippen molar-refractivity contribution in [2.45, 2.75) is 59.3 Å². The summed E-state index contributed by atoms with van der Waals surface area (Å²) in [6, 6.07) is 0. The molecule has 0 aliphatic rings. The first kappa shape index (κ1) is 13.5. The van der Waals surface area contributed by atoms with Gasteiger partial charge in [-0.2, -0.15) is 0 Å². The summed E-state index contributed by atoms with van der Waals surface area (Å²) in [5, 5.41) is 0. The van der Waals surface area contributed by atoms with E-state index >= 15 is 0 Å². The van der Waals surface area contributed by atoms with Crippen LogP contribution in [0.3, 0.4) is 0 Å². The lowest BCUT2D eigenvalue weighted by Crippen LogP contribution is -2.06. The Bertz CT molecular complexity index is 141. The highest BCUT2D eigenvalue weighted by Crippen LogP contribution is 2.05. The highest BCUT2D eigenvalue weighted by molar-refractivity contribution is 5.69. The maximum absolute atomic E-state index is 11.1. The smallest absolute Gasteiger partial charge is 0.305 e. The standard InChI is InChI=1S/C12H24O2/c1-4-5-6-9-12(13)14-10-7-8-11(2)3/h11H,4-10H2,1-3H3. The van der Waals surface area contributed by atoms with Gasteiger partial charge < -0.3 is 4.74 Å². The lowest BCUT2D eigenvalue weighted by molar-refractivity contribution is -0.143. The first-order valence-electron chi connectivity index (χ1n) is 5.82. The molecule has 2 heteroatoms. The zero-order chi connectivity index (χ0) is 10.8.